The Morgan fingerprint density at radius 2 is 2.23 bits per heavy atom. The van der Waals surface area contributed by atoms with Crippen LogP contribution >= 0.6 is 0 Å². The molecule has 0 aromatic carbocycles. The summed E-state index contributed by atoms with van der Waals surface area (Å²) in [5.41, 5.74) is 2.42. The number of nitrogens with one attached hydrogen (secondary N) is 2. The zero-order valence-electron chi connectivity index (χ0n) is 17.2. The van der Waals surface area contributed by atoms with E-state index >= 15 is 0 Å². The summed E-state index contributed by atoms with van der Waals surface area (Å²) in [7, 11) is 1.67. The Kier molecular flexibility index (Phi) is 5.19. The fraction of sp³-hybridized carbons (Fsp3) is 0.500. The average Bonchev–Trinajstić information content (AvgIpc) is 3.09. The lowest BCUT2D eigenvalue weighted by molar-refractivity contribution is 0.136. The second-order valence-electron chi connectivity index (χ2n) is 7.44. The number of fused-ring (bicyclic) bond motifs is 2. The molecule has 10 heteroatoms. The fourth-order valence-electron chi connectivity index (χ4n) is 3.94. The molecule has 30 heavy (non-hydrogen) atoms. The van der Waals surface area contributed by atoms with Crippen LogP contribution in [0.25, 0.3) is 11.0 Å². The van der Waals surface area contributed by atoms with Crippen LogP contribution < -0.4 is 15.5 Å². The van der Waals surface area contributed by atoms with Crippen molar-refractivity contribution in [2.45, 2.75) is 32.2 Å². The van der Waals surface area contributed by atoms with Crippen molar-refractivity contribution in [3.8, 4) is 0 Å². The third kappa shape index (κ3) is 3.36. The minimum Gasteiger partial charge on any atom is -0.380 e. The van der Waals surface area contributed by atoms with Gasteiger partial charge in [0.1, 0.15) is 22.5 Å². The summed E-state index contributed by atoms with van der Waals surface area (Å²) < 4.78 is 12.9. The number of ether oxygens (including phenoxy) is 2. The molecule has 0 saturated carbocycles. The SMILES string of the molecule is CCOCCn1nc(COC)c2nc(N3CC4NC[C@H]43)nc(Nc3ccccn3)c21. The molecular weight excluding hydrogens is 384 g/mol. The van der Waals surface area contributed by atoms with Crippen LogP contribution in [0.15, 0.2) is 24.4 Å². The lowest BCUT2D eigenvalue weighted by Crippen LogP contribution is -2.78. The summed E-state index contributed by atoms with van der Waals surface area (Å²) in [6.07, 6.45) is 1.75. The molecule has 10 nitrogen and oxygen atoms in total. The highest BCUT2D eigenvalue weighted by molar-refractivity contribution is 5.90. The van der Waals surface area contributed by atoms with Crippen molar-refractivity contribution in [3.63, 3.8) is 0 Å². The van der Waals surface area contributed by atoms with Gasteiger partial charge in [-0.25, -0.2) is 9.97 Å². The summed E-state index contributed by atoms with van der Waals surface area (Å²) in [4.78, 5) is 16.5. The van der Waals surface area contributed by atoms with E-state index in [1.54, 1.807) is 13.3 Å². The van der Waals surface area contributed by atoms with E-state index in [4.69, 9.17) is 24.5 Å². The quantitative estimate of drug-likeness (QED) is 0.506. The molecule has 2 atom stereocenters. The normalized spacial score (nSPS) is 20.0. The number of piperazine rings is 1. The minimum atomic E-state index is 0.380. The van der Waals surface area contributed by atoms with Crippen molar-refractivity contribution in [3.05, 3.63) is 30.1 Å². The minimum absolute atomic E-state index is 0.380. The number of methoxy groups -OCH3 is 1. The number of nitrogens with zero attached hydrogens (tertiary/aromatic N) is 6. The second-order valence-corrected chi connectivity index (χ2v) is 7.44. The van der Waals surface area contributed by atoms with E-state index in [9.17, 15) is 0 Å². The second kappa shape index (κ2) is 8.13. The highest BCUT2D eigenvalue weighted by Crippen LogP contribution is 2.33. The third-order valence-electron chi connectivity index (χ3n) is 5.59. The smallest absolute Gasteiger partial charge is 0.228 e. The molecule has 0 aliphatic carbocycles. The van der Waals surface area contributed by atoms with E-state index in [1.165, 1.54) is 0 Å². The standard InChI is InChI=1S/C20H26N8O2/c1-3-30-9-8-28-18-17(14(26-28)12-29-2)24-20(27-11-13-15(27)10-22-13)25-19(18)23-16-6-4-5-7-21-16/h4-7,13,15,22H,3,8-12H2,1-2H3,(H,21,23,24,25)/t13?,15-/m1/s1. The maximum absolute atomic E-state index is 5.55. The first kappa shape index (κ1) is 19.2. The lowest BCUT2D eigenvalue weighted by atomic mass is 9.89. The van der Waals surface area contributed by atoms with Crippen molar-refractivity contribution in [1.82, 2.24) is 30.0 Å². The molecule has 2 aliphatic rings. The number of anilines is 3. The monoisotopic (exact) mass is 410 g/mol. The Morgan fingerprint density at radius 1 is 1.30 bits per heavy atom. The molecule has 0 bridgehead atoms. The van der Waals surface area contributed by atoms with Crippen LogP contribution in [0.2, 0.25) is 0 Å². The number of rotatable bonds is 9. The molecule has 158 valence electrons. The predicted molar refractivity (Wildman–Crippen MR) is 113 cm³/mol. The van der Waals surface area contributed by atoms with Crippen LogP contribution in [-0.2, 0) is 22.6 Å². The summed E-state index contributed by atoms with van der Waals surface area (Å²) in [6.45, 7) is 6.07. The van der Waals surface area contributed by atoms with Gasteiger partial charge in [-0.2, -0.15) is 10.1 Å². The molecule has 0 radical (unpaired) electrons. The van der Waals surface area contributed by atoms with Crippen LogP contribution in [0.3, 0.4) is 0 Å². The Balaban J connectivity index is 1.60. The van der Waals surface area contributed by atoms with Crippen LogP contribution in [0.5, 0.6) is 0 Å². The molecule has 5 heterocycles. The molecule has 3 aromatic rings. The van der Waals surface area contributed by atoms with Gasteiger partial charge in [0.2, 0.25) is 5.95 Å². The highest BCUT2D eigenvalue weighted by atomic mass is 16.5. The number of aromatic nitrogens is 5. The highest BCUT2D eigenvalue weighted by Gasteiger charge is 2.47. The first-order valence-corrected chi connectivity index (χ1v) is 10.3. The largest absolute Gasteiger partial charge is 0.380 e. The van der Waals surface area contributed by atoms with Crippen molar-refractivity contribution in [1.29, 1.82) is 0 Å². The van der Waals surface area contributed by atoms with Gasteiger partial charge in [0.25, 0.3) is 0 Å². The fourth-order valence-corrected chi connectivity index (χ4v) is 3.94. The van der Waals surface area contributed by atoms with Crippen molar-refractivity contribution in [2.24, 2.45) is 0 Å². The first-order valence-electron chi connectivity index (χ1n) is 10.3. The lowest BCUT2D eigenvalue weighted by Gasteiger charge is -2.56. The molecule has 2 aliphatic heterocycles. The molecule has 2 N–H and O–H groups in total. The number of pyridine rings is 1. The summed E-state index contributed by atoms with van der Waals surface area (Å²) >= 11 is 0. The number of hydrogen-bond donors (Lipinski definition) is 2. The summed E-state index contributed by atoms with van der Waals surface area (Å²) in [5.74, 6) is 2.13. The van der Waals surface area contributed by atoms with Crippen LogP contribution in [0.1, 0.15) is 12.6 Å². The van der Waals surface area contributed by atoms with Crippen molar-refractivity contribution in [2.75, 3.05) is 43.6 Å². The van der Waals surface area contributed by atoms with E-state index in [1.807, 2.05) is 29.8 Å². The van der Waals surface area contributed by atoms with Gasteiger partial charge < -0.3 is 25.0 Å². The van der Waals surface area contributed by atoms with E-state index in [-0.39, 0.29) is 0 Å². The van der Waals surface area contributed by atoms with Gasteiger partial charge in [-0.05, 0) is 19.1 Å². The molecule has 5 rings (SSSR count). The molecule has 0 amide bonds. The predicted octanol–water partition coefficient (Wildman–Crippen LogP) is 1.31. The van der Waals surface area contributed by atoms with E-state index < -0.39 is 0 Å². The van der Waals surface area contributed by atoms with Crippen LogP contribution in [-0.4, -0.2) is 70.2 Å². The molecule has 0 spiro atoms. The number of hydrogen-bond acceptors (Lipinski definition) is 9. The summed E-state index contributed by atoms with van der Waals surface area (Å²) in [5, 5.41) is 11.6. The molecule has 2 saturated heterocycles. The first-order chi connectivity index (χ1) is 14.8. The Hall–Kier alpha value is -2.82. The maximum Gasteiger partial charge on any atom is 0.228 e. The van der Waals surface area contributed by atoms with Crippen LogP contribution in [0.4, 0.5) is 17.6 Å². The molecular formula is C20H26N8O2. The van der Waals surface area contributed by atoms with Gasteiger partial charge in [-0.3, -0.25) is 4.68 Å². The van der Waals surface area contributed by atoms with E-state index in [2.05, 4.69) is 20.5 Å². The molecule has 2 fully saturated rings. The van der Waals surface area contributed by atoms with Crippen molar-refractivity contribution >= 4 is 28.6 Å². The maximum atomic E-state index is 5.55. The van der Waals surface area contributed by atoms with E-state index in [0.717, 1.165) is 35.6 Å². The van der Waals surface area contributed by atoms with Gasteiger partial charge in [-0.15, -0.1) is 0 Å². The Bertz CT molecular complexity index is 1020. The summed E-state index contributed by atoms with van der Waals surface area (Å²) in [6, 6.07) is 6.75. The zero-order valence-corrected chi connectivity index (χ0v) is 17.2. The third-order valence-corrected chi connectivity index (χ3v) is 5.59. The van der Waals surface area contributed by atoms with Gasteiger partial charge in [0, 0.05) is 39.0 Å². The van der Waals surface area contributed by atoms with Gasteiger partial charge in [0.15, 0.2) is 5.82 Å². The van der Waals surface area contributed by atoms with Gasteiger partial charge in [-0.1, -0.05) is 6.07 Å². The Morgan fingerprint density at radius 3 is 2.90 bits per heavy atom. The molecule has 3 aromatic heterocycles. The Labute approximate surface area is 174 Å². The van der Waals surface area contributed by atoms with Gasteiger partial charge in [0.05, 0.1) is 25.8 Å². The average molecular weight is 410 g/mol. The topological polar surface area (TPSA) is 102 Å². The zero-order chi connectivity index (χ0) is 20.5. The van der Waals surface area contributed by atoms with Crippen molar-refractivity contribution < 1.29 is 9.47 Å². The van der Waals surface area contributed by atoms with Crippen LogP contribution in [0, 0.1) is 0 Å². The van der Waals surface area contributed by atoms with E-state index in [0.29, 0.717) is 50.2 Å². The van der Waals surface area contributed by atoms with Gasteiger partial charge >= 0.3 is 0 Å². The molecule has 1 unspecified atom stereocenters.